The molecule has 2 fully saturated rings. The largest absolute Gasteiger partial charge is 0.373 e. The third-order valence-electron chi connectivity index (χ3n) is 6.05. The Bertz CT molecular complexity index is 778. The van der Waals surface area contributed by atoms with Gasteiger partial charge in [-0.3, -0.25) is 4.99 Å². The predicted octanol–water partition coefficient (Wildman–Crippen LogP) is 5.06. The molecule has 0 amide bonds. The zero-order valence-electron chi connectivity index (χ0n) is 18.3. The van der Waals surface area contributed by atoms with Crippen molar-refractivity contribution in [2.24, 2.45) is 10.9 Å². The van der Waals surface area contributed by atoms with Crippen molar-refractivity contribution in [3.05, 3.63) is 53.4 Å². The second-order valence-corrected chi connectivity index (χ2v) is 9.11. The van der Waals surface area contributed by atoms with Gasteiger partial charge in [-0.25, -0.2) is 0 Å². The summed E-state index contributed by atoms with van der Waals surface area (Å²) in [5.41, 5.74) is 1.27. The van der Waals surface area contributed by atoms with Gasteiger partial charge in [0.1, 0.15) is 0 Å². The predicted molar refractivity (Wildman–Crippen MR) is 142 cm³/mol. The number of piperidine rings is 1. The van der Waals surface area contributed by atoms with Crippen molar-refractivity contribution in [1.82, 2.24) is 10.6 Å². The quantitative estimate of drug-likeness (QED) is 0.298. The van der Waals surface area contributed by atoms with Crippen molar-refractivity contribution in [3.8, 4) is 0 Å². The van der Waals surface area contributed by atoms with Gasteiger partial charge in [0.2, 0.25) is 0 Å². The number of aliphatic imine (C=N–C) groups is 1. The van der Waals surface area contributed by atoms with Crippen LogP contribution in [0.1, 0.15) is 44.3 Å². The van der Waals surface area contributed by atoms with Crippen molar-refractivity contribution in [2.45, 2.75) is 44.8 Å². The number of hydrogen-bond donors (Lipinski definition) is 2. The maximum Gasteiger partial charge on any atom is 0.191 e. The highest BCUT2D eigenvalue weighted by atomic mass is 127. The minimum atomic E-state index is 0. The Morgan fingerprint density at radius 3 is 2.65 bits per heavy atom. The normalized spacial score (nSPS) is 22.6. The first-order valence-electron chi connectivity index (χ1n) is 11.3. The standard InChI is InChI=1S/C24H34N4OS.HI/c1-2-25-24(27-21-12-14-28(15-13-21)22-11-7-17-30-22)26-18-20-10-6-16-29-23(20)19-8-4-3-5-9-19;/h3-5,7-9,11,17,20-21,23H,2,6,10,12-16,18H2,1H3,(H2,25,26,27);1H. The topological polar surface area (TPSA) is 48.9 Å². The average molecular weight is 555 g/mol. The minimum Gasteiger partial charge on any atom is -0.373 e. The molecule has 31 heavy (non-hydrogen) atoms. The maximum atomic E-state index is 6.15. The molecule has 2 aliphatic rings. The summed E-state index contributed by atoms with van der Waals surface area (Å²) in [4.78, 5) is 7.48. The van der Waals surface area contributed by atoms with E-state index in [0.29, 0.717) is 12.0 Å². The first kappa shape index (κ1) is 24.3. The number of nitrogens with zero attached hydrogens (tertiary/aromatic N) is 2. The Morgan fingerprint density at radius 1 is 1.13 bits per heavy atom. The van der Waals surface area contributed by atoms with Crippen LogP contribution in [0.5, 0.6) is 0 Å². The second-order valence-electron chi connectivity index (χ2n) is 8.18. The maximum absolute atomic E-state index is 6.15. The molecule has 170 valence electrons. The average Bonchev–Trinajstić information content (AvgIpc) is 3.34. The van der Waals surface area contributed by atoms with E-state index in [9.17, 15) is 0 Å². The van der Waals surface area contributed by atoms with E-state index in [0.717, 1.165) is 58.0 Å². The summed E-state index contributed by atoms with van der Waals surface area (Å²) < 4.78 is 6.15. The van der Waals surface area contributed by atoms with Gasteiger partial charge in [0.25, 0.3) is 0 Å². The number of anilines is 1. The Labute approximate surface area is 207 Å². The van der Waals surface area contributed by atoms with Crippen LogP contribution in [0, 0.1) is 5.92 Å². The van der Waals surface area contributed by atoms with E-state index in [-0.39, 0.29) is 30.1 Å². The number of benzene rings is 1. The zero-order valence-corrected chi connectivity index (χ0v) is 21.5. The van der Waals surface area contributed by atoms with E-state index < -0.39 is 0 Å². The summed E-state index contributed by atoms with van der Waals surface area (Å²) in [6.45, 7) is 6.86. The fraction of sp³-hybridized carbons (Fsp3) is 0.542. The molecule has 0 radical (unpaired) electrons. The SMILES string of the molecule is CCNC(=NCC1CCCOC1c1ccccc1)NC1CCN(c2cccs2)CC1.I. The van der Waals surface area contributed by atoms with E-state index in [1.807, 2.05) is 11.3 Å². The molecule has 0 saturated carbocycles. The molecule has 0 aliphatic carbocycles. The molecular formula is C24H35IN4OS. The molecule has 7 heteroatoms. The molecule has 1 aromatic heterocycles. The number of nitrogens with one attached hydrogen (secondary N) is 2. The van der Waals surface area contributed by atoms with Gasteiger partial charge in [0.05, 0.1) is 11.1 Å². The monoisotopic (exact) mass is 554 g/mol. The third kappa shape index (κ3) is 6.83. The summed E-state index contributed by atoms with van der Waals surface area (Å²) >= 11 is 1.83. The van der Waals surface area contributed by atoms with E-state index in [1.165, 1.54) is 17.0 Å². The number of thiophene rings is 1. The lowest BCUT2D eigenvalue weighted by atomic mass is 9.89. The molecule has 0 spiro atoms. The molecule has 2 atom stereocenters. The van der Waals surface area contributed by atoms with Crippen molar-refractivity contribution in [3.63, 3.8) is 0 Å². The second kappa shape index (κ2) is 12.6. The van der Waals surface area contributed by atoms with Gasteiger partial charge >= 0.3 is 0 Å². The summed E-state index contributed by atoms with van der Waals surface area (Å²) in [6, 6.07) is 15.5. The van der Waals surface area contributed by atoms with Crippen molar-refractivity contribution in [1.29, 1.82) is 0 Å². The first-order valence-corrected chi connectivity index (χ1v) is 12.2. The van der Waals surface area contributed by atoms with Crippen LogP contribution in [-0.4, -0.2) is 44.8 Å². The van der Waals surface area contributed by atoms with Gasteiger partial charge in [-0.2, -0.15) is 0 Å². The zero-order chi connectivity index (χ0) is 20.6. The molecule has 2 N–H and O–H groups in total. The summed E-state index contributed by atoms with van der Waals surface area (Å²) in [6.07, 6.45) is 4.72. The fourth-order valence-corrected chi connectivity index (χ4v) is 5.24. The Kier molecular flexibility index (Phi) is 9.93. The highest BCUT2D eigenvalue weighted by Crippen LogP contribution is 2.33. The molecule has 2 aromatic rings. The van der Waals surface area contributed by atoms with Gasteiger partial charge in [0.15, 0.2) is 5.96 Å². The molecule has 2 unspecified atom stereocenters. The molecule has 2 saturated heterocycles. The van der Waals surface area contributed by atoms with Crippen molar-refractivity contribution in [2.75, 3.05) is 37.7 Å². The van der Waals surface area contributed by atoms with Crippen LogP contribution in [-0.2, 0) is 4.74 Å². The van der Waals surface area contributed by atoms with E-state index in [2.05, 4.69) is 70.3 Å². The van der Waals surface area contributed by atoms with Crippen LogP contribution in [0.25, 0.3) is 0 Å². The van der Waals surface area contributed by atoms with Gasteiger partial charge in [0, 0.05) is 44.7 Å². The molecule has 3 heterocycles. The Morgan fingerprint density at radius 2 is 1.94 bits per heavy atom. The molecule has 5 nitrogen and oxygen atoms in total. The van der Waals surface area contributed by atoms with Gasteiger partial charge in [-0.1, -0.05) is 30.3 Å². The lowest BCUT2D eigenvalue weighted by Gasteiger charge is -2.34. The number of ether oxygens (including phenoxy) is 1. The van der Waals surface area contributed by atoms with Crippen LogP contribution < -0.4 is 15.5 Å². The summed E-state index contributed by atoms with van der Waals surface area (Å²) in [5, 5.41) is 10.7. The van der Waals surface area contributed by atoms with Gasteiger partial charge < -0.3 is 20.3 Å². The van der Waals surface area contributed by atoms with E-state index in [1.54, 1.807) is 0 Å². The molecule has 2 aliphatic heterocycles. The smallest absolute Gasteiger partial charge is 0.191 e. The molecular weight excluding hydrogens is 519 g/mol. The van der Waals surface area contributed by atoms with Crippen LogP contribution in [0.3, 0.4) is 0 Å². The van der Waals surface area contributed by atoms with E-state index in [4.69, 9.17) is 9.73 Å². The lowest BCUT2D eigenvalue weighted by Crippen LogP contribution is -2.48. The molecule has 0 bridgehead atoms. The fourth-order valence-electron chi connectivity index (χ4n) is 4.46. The minimum absolute atomic E-state index is 0. The summed E-state index contributed by atoms with van der Waals surface area (Å²) in [5.74, 6) is 1.38. The van der Waals surface area contributed by atoms with Gasteiger partial charge in [-0.05, 0) is 55.7 Å². The first-order chi connectivity index (χ1) is 14.8. The number of hydrogen-bond acceptors (Lipinski definition) is 4. The van der Waals surface area contributed by atoms with E-state index >= 15 is 0 Å². The third-order valence-corrected chi connectivity index (χ3v) is 6.98. The number of rotatable bonds is 6. The number of guanidine groups is 1. The molecule has 4 rings (SSSR count). The molecule has 1 aromatic carbocycles. The number of halogens is 1. The Balaban J connectivity index is 0.00000272. The van der Waals surface area contributed by atoms with Crippen LogP contribution >= 0.6 is 35.3 Å². The van der Waals surface area contributed by atoms with Crippen molar-refractivity contribution < 1.29 is 4.74 Å². The van der Waals surface area contributed by atoms with Crippen molar-refractivity contribution >= 4 is 46.3 Å². The highest BCUT2D eigenvalue weighted by Gasteiger charge is 2.27. The summed E-state index contributed by atoms with van der Waals surface area (Å²) in [7, 11) is 0. The highest BCUT2D eigenvalue weighted by molar-refractivity contribution is 14.0. The van der Waals surface area contributed by atoms with Crippen LogP contribution in [0.4, 0.5) is 5.00 Å². The van der Waals surface area contributed by atoms with Gasteiger partial charge in [-0.15, -0.1) is 35.3 Å². The van der Waals surface area contributed by atoms with Crippen LogP contribution in [0.15, 0.2) is 52.8 Å². The van der Waals surface area contributed by atoms with Crippen LogP contribution in [0.2, 0.25) is 0 Å². The Hall–Kier alpha value is -1.32. The lowest BCUT2D eigenvalue weighted by molar-refractivity contribution is -0.0250.